The summed E-state index contributed by atoms with van der Waals surface area (Å²) in [5, 5.41) is 0. The summed E-state index contributed by atoms with van der Waals surface area (Å²) in [7, 11) is -4.21. The summed E-state index contributed by atoms with van der Waals surface area (Å²) < 4.78 is 73.5. The van der Waals surface area contributed by atoms with Crippen LogP contribution in [0.5, 0.6) is 5.75 Å². The second-order valence-corrected chi connectivity index (χ2v) is 8.83. The summed E-state index contributed by atoms with van der Waals surface area (Å²) in [4.78, 5) is 27.6. The maximum absolute atomic E-state index is 13.1. The van der Waals surface area contributed by atoms with Crippen LogP contribution in [0.2, 0.25) is 0 Å². The molecular formula is C21H22F3N3O6S. The number of piperazine rings is 1. The lowest BCUT2D eigenvalue weighted by Gasteiger charge is -2.34. The normalized spacial score (nSPS) is 14.5. The highest BCUT2D eigenvalue weighted by Crippen LogP contribution is 2.26. The van der Waals surface area contributed by atoms with Gasteiger partial charge in [-0.25, -0.2) is 13.2 Å². The lowest BCUT2D eigenvalue weighted by atomic mass is 10.1. The summed E-state index contributed by atoms with van der Waals surface area (Å²) in [6.45, 7) is 2.94. The Balaban J connectivity index is 1.73. The molecule has 0 bridgehead atoms. The minimum Gasteiger partial charge on any atom is -0.450 e. The van der Waals surface area contributed by atoms with Crippen molar-refractivity contribution in [3.8, 4) is 5.75 Å². The highest BCUT2D eigenvalue weighted by molar-refractivity contribution is 7.92. The fraction of sp³-hybridized carbons (Fsp3) is 0.333. The quantitative estimate of drug-likeness (QED) is 0.651. The molecule has 1 aliphatic rings. The first-order valence-corrected chi connectivity index (χ1v) is 11.7. The van der Waals surface area contributed by atoms with Gasteiger partial charge < -0.3 is 19.3 Å². The predicted molar refractivity (Wildman–Crippen MR) is 115 cm³/mol. The minimum absolute atomic E-state index is 0.0101. The van der Waals surface area contributed by atoms with Crippen LogP contribution in [0.4, 0.5) is 23.7 Å². The molecule has 0 aromatic heterocycles. The maximum Gasteiger partial charge on any atom is 0.573 e. The van der Waals surface area contributed by atoms with Gasteiger partial charge in [-0.1, -0.05) is 12.1 Å². The fourth-order valence-electron chi connectivity index (χ4n) is 3.26. The third-order valence-electron chi connectivity index (χ3n) is 4.86. The van der Waals surface area contributed by atoms with Gasteiger partial charge in [0.2, 0.25) is 0 Å². The zero-order chi connectivity index (χ0) is 24.9. The smallest absolute Gasteiger partial charge is 0.450 e. The summed E-state index contributed by atoms with van der Waals surface area (Å²) in [6, 6.07) is 9.64. The number of hydrogen-bond donors (Lipinski definition) is 1. The number of alkyl halides is 3. The molecule has 0 unspecified atom stereocenters. The summed E-state index contributed by atoms with van der Waals surface area (Å²) >= 11 is 0. The molecule has 0 atom stereocenters. The van der Waals surface area contributed by atoms with Crippen molar-refractivity contribution in [1.29, 1.82) is 0 Å². The van der Waals surface area contributed by atoms with Crippen LogP contribution in [0.3, 0.4) is 0 Å². The molecule has 3 rings (SSSR count). The van der Waals surface area contributed by atoms with E-state index in [0.29, 0.717) is 0 Å². The Hall–Kier alpha value is -3.48. The van der Waals surface area contributed by atoms with Crippen molar-refractivity contribution >= 4 is 27.7 Å². The van der Waals surface area contributed by atoms with Gasteiger partial charge in [-0.2, -0.15) is 0 Å². The molecule has 0 spiro atoms. The number of rotatable bonds is 6. The van der Waals surface area contributed by atoms with Crippen molar-refractivity contribution in [2.45, 2.75) is 18.2 Å². The first-order chi connectivity index (χ1) is 16.0. The van der Waals surface area contributed by atoms with Crippen LogP contribution in [0.15, 0.2) is 53.4 Å². The van der Waals surface area contributed by atoms with Gasteiger partial charge in [-0.3, -0.25) is 9.52 Å². The van der Waals surface area contributed by atoms with Crippen molar-refractivity contribution in [3.63, 3.8) is 0 Å². The summed E-state index contributed by atoms with van der Waals surface area (Å²) in [6.07, 6.45) is -5.37. The van der Waals surface area contributed by atoms with Gasteiger partial charge in [0.05, 0.1) is 22.8 Å². The number of nitrogens with zero attached hydrogens (tertiary/aromatic N) is 2. The van der Waals surface area contributed by atoms with E-state index in [9.17, 15) is 31.2 Å². The van der Waals surface area contributed by atoms with Crippen molar-refractivity contribution < 1.29 is 40.7 Å². The van der Waals surface area contributed by atoms with Gasteiger partial charge in [0.1, 0.15) is 5.75 Å². The number of carbonyl (C=O) groups excluding carboxylic acids is 2. The van der Waals surface area contributed by atoms with Crippen LogP contribution in [-0.4, -0.2) is 69.4 Å². The van der Waals surface area contributed by atoms with Gasteiger partial charge in [0.15, 0.2) is 0 Å². The van der Waals surface area contributed by atoms with Gasteiger partial charge in [0, 0.05) is 26.2 Å². The molecule has 0 aliphatic carbocycles. The number of ether oxygens (including phenoxy) is 2. The number of sulfonamides is 1. The number of anilines is 1. The largest absolute Gasteiger partial charge is 0.573 e. The highest BCUT2D eigenvalue weighted by Gasteiger charge is 2.31. The van der Waals surface area contributed by atoms with E-state index in [0.717, 1.165) is 24.3 Å². The monoisotopic (exact) mass is 501 g/mol. The third-order valence-corrected chi connectivity index (χ3v) is 6.24. The van der Waals surface area contributed by atoms with Crippen LogP contribution in [0, 0.1) is 0 Å². The van der Waals surface area contributed by atoms with Crippen LogP contribution >= 0.6 is 0 Å². The standard InChI is InChI=1S/C21H22F3N3O6S/c1-2-32-20(29)27-13-11-26(12-14-27)19(28)17-5-3-4-6-18(17)25-34(30,31)16-9-7-15(8-10-16)33-21(22,23)24/h3-10,25H,2,11-14H2,1H3. The fourth-order valence-corrected chi connectivity index (χ4v) is 4.34. The van der Waals surface area contributed by atoms with Gasteiger partial charge in [0.25, 0.3) is 15.9 Å². The molecule has 1 fully saturated rings. The zero-order valence-electron chi connectivity index (χ0n) is 18.0. The van der Waals surface area contributed by atoms with Gasteiger partial charge in [-0.05, 0) is 43.3 Å². The van der Waals surface area contributed by atoms with Gasteiger partial charge >= 0.3 is 12.5 Å². The van der Waals surface area contributed by atoms with Gasteiger partial charge in [-0.15, -0.1) is 13.2 Å². The molecule has 0 saturated carbocycles. The third kappa shape index (κ3) is 6.31. The molecule has 2 aromatic carbocycles. The maximum atomic E-state index is 13.1. The van der Waals surface area contributed by atoms with Crippen LogP contribution in [0.25, 0.3) is 0 Å². The van der Waals surface area contributed by atoms with E-state index in [2.05, 4.69) is 9.46 Å². The summed E-state index contributed by atoms with van der Waals surface area (Å²) in [5.41, 5.74) is 0.101. The Morgan fingerprint density at radius 2 is 1.56 bits per heavy atom. The number of carbonyl (C=O) groups is 2. The zero-order valence-corrected chi connectivity index (χ0v) is 18.9. The van der Waals surface area contributed by atoms with E-state index in [4.69, 9.17) is 4.74 Å². The number of amides is 2. The Kier molecular flexibility index (Phi) is 7.54. The van der Waals surface area contributed by atoms with Crippen molar-refractivity contribution in [3.05, 3.63) is 54.1 Å². The van der Waals surface area contributed by atoms with E-state index in [1.165, 1.54) is 28.0 Å². The molecule has 1 N–H and O–H groups in total. The molecule has 0 radical (unpaired) electrons. The molecule has 1 heterocycles. The number of para-hydroxylation sites is 1. The number of benzene rings is 2. The Morgan fingerprint density at radius 3 is 2.15 bits per heavy atom. The average molecular weight is 501 g/mol. The molecule has 2 aromatic rings. The molecule has 1 saturated heterocycles. The number of nitrogens with one attached hydrogen (secondary N) is 1. The van der Waals surface area contributed by atoms with E-state index in [1.54, 1.807) is 13.0 Å². The first kappa shape index (κ1) is 25.1. The SMILES string of the molecule is CCOC(=O)N1CCN(C(=O)c2ccccc2NS(=O)(=O)c2ccc(OC(F)(F)F)cc2)CC1. The molecular weight excluding hydrogens is 479 g/mol. The Bertz CT molecular complexity index is 1130. The number of halogens is 3. The predicted octanol–water partition coefficient (Wildman–Crippen LogP) is 3.30. The molecule has 2 amide bonds. The lowest BCUT2D eigenvalue weighted by Crippen LogP contribution is -2.50. The second-order valence-electron chi connectivity index (χ2n) is 7.15. The lowest BCUT2D eigenvalue weighted by molar-refractivity contribution is -0.274. The van der Waals surface area contributed by atoms with Crippen molar-refractivity contribution in [2.24, 2.45) is 0 Å². The first-order valence-electron chi connectivity index (χ1n) is 10.2. The van der Waals surface area contributed by atoms with E-state index in [1.807, 2.05) is 0 Å². The molecule has 184 valence electrons. The van der Waals surface area contributed by atoms with E-state index >= 15 is 0 Å². The molecule has 1 aliphatic heterocycles. The topological polar surface area (TPSA) is 105 Å². The Labute approximate surface area is 194 Å². The van der Waals surface area contributed by atoms with Crippen LogP contribution in [-0.2, 0) is 14.8 Å². The average Bonchev–Trinajstić information content (AvgIpc) is 2.78. The molecule has 9 nitrogen and oxygen atoms in total. The van der Waals surface area contributed by atoms with Crippen molar-refractivity contribution in [1.82, 2.24) is 9.80 Å². The number of hydrogen-bond acceptors (Lipinski definition) is 6. The van der Waals surface area contributed by atoms with Crippen molar-refractivity contribution in [2.75, 3.05) is 37.5 Å². The van der Waals surface area contributed by atoms with E-state index < -0.39 is 34.1 Å². The molecule has 13 heteroatoms. The summed E-state index contributed by atoms with van der Waals surface area (Å²) in [5.74, 6) is -1.00. The van der Waals surface area contributed by atoms with Crippen LogP contribution < -0.4 is 9.46 Å². The minimum atomic E-state index is -4.90. The van der Waals surface area contributed by atoms with E-state index in [-0.39, 0.29) is 48.9 Å². The Morgan fingerprint density at radius 1 is 0.971 bits per heavy atom. The molecule has 34 heavy (non-hydrogen) atoms. The highest BCUT2D eigenvalue weighted by atomic mass is 32.2. The van der Waals surface area contributed by atoms with Crippen LogP contribution in [0.1, 0.15) is 17.3 Å². The second kappa shape index (κ2) is 10.2.